The molecule has 0 atom stereocenters. The normalized spacial score (nSPS) is 10.9. The van der Waals surface area contributed by atoms with Gasteiger partial charge in [0.2, 0.25) is 5.95 Å². The SMILES string of the molecule is CC(=O)SCCC=Cc1cc(F)ncc1Cl. The number of thioether (sulfide) groups is 1. The lowest BCUT2D eigenvalue weighted by Crippen LogP contribution is -1.85. The second kappa shape index (κ2) is 6.66. The molecule has 0 bridgehead atoms. The highest BCUT2D eigenvalue weighted by Gasteiger charge is 1.99. The fourth-order valence-corrected chi connectivity index (χ4v) is 1.74. The molecule has 0 saturated carbocycles. The van der Waals surface area contributed by atoms with Gasteiger partial charge in [-0.25, -0.2) is 4.98 Å². The van der Waals surface area contributed by atoms with Crippen LogP contribution in [-0.4, -0.2) is 15.9 Å². The molecule has 0 unspecified atom stereocenters. The first-order valence-electron chi connectivity index (χ1n) is 4.70. The van der Waals surface area contributed by atoms with E-state index >= 15 is 0 Å². The molecule has 0 aliphatic heterocycles. The van der Waals surface area contributed by atoms with Crippen LogP contribution < -0.4 is 0 Å². The number of carbonyl (C=O) groups is 1. The summed E-state index contributed by atoms with van der Waals surface area (Å²) < 4.78 is 12.8. The lowest BCUT2D eigenvalue weighted by Gasteiger charge is -1.97. The predicted octanol–water partition coefficient (Wildman–Crippen LogP) is 3.56. The molecule has 1 heterocycles. The van der Waals surface area contributed by atoms with Crippen LogP contribution in [0.4, 0.5) is 4.39 Å². The van der Waals surface area contributed by atoms with E-state index in [4.69, 9.17) is 11.6 Å². The number of hydrogen-bond donors (Lipinski definition) is 0. The Morgan fingerprint density at radius 1 is 1.69 bits per heavy atom. The van der Waals surface area contributed by atoms with Crippen molar-refractivity contribution in [3.8, 4) is 0 Å². The number of halogens is 2. The molecule has 0 radical (unpaired) electrons. The zero-order valence-corrected chi connectivity index (χ0v) is 10.3. The smallest absolute Gasteiger partial charge is 0.213 e. The number of rotatable bonds is 4. The molecule has 0 fully saturated rings. The highest BCUT2D eigenvalue weighted by Crippen LogP contribution is 2.17. The quantitative estimate of drug-likeness (QED) is 0.612. The highest BCUT2D eigenvalue weighted by atomic mass is 35.5. The lowest BCUT2D eigenvalue weighted by atomic mass is 10.2. The summed E-state index contributed by atoms with van der Waals surface area (Å²) in [6, 6.07) is 1.27. The van der Waals surface area contributed by atoms with Crippen LogP contribution >= 0.6 is 23.4 Å². The summed E-state index contributed by atoms with van der Waals surface area (Å²) in [7, 11) is 0. The van der Waals surface area contributed by atoms with Crippen LogP contribution in [0.15, 0.2) is 18.3 Å². The van der Waals surface area contributed by atoms with Gasteiger partial charge in [0, 0.05) is 24.9 Å². The maximum atomic E-state index is 12.8. The summed E-state index contributed by atoms with van der Waals surface area (Å²) in [5.41, 5.74) is 0.599. The lowest BCUT2D eigenvalue weighted by molar-refractivity contribution is -0.109. The van der Waals surface area contributed by atoms with E-state index in [1.807, 2.05) is 6.08 Å². The molecule has 5 heteroatoms. The van der Waals surface area contributed by atoms with Crippen LogP contribution in [0.2, 0.25) is 5.02 Å². The molecule has 0 saturated heterocycles. The molecule has 1 rings (SSSR count). The van der Waals surface area contributed by atoms with Crippen molar-refractivity contribution in [1.82, 2.24) is 4.98 Å². The van der Waals surface area contributed by atoms with Crippen LogP contribution in [0.5, 0.6) is 0 Å². The van der Waals surface area contributed by atoms with Gasteiger partial charge in [0.05, 0.1) is 5.02 Å². The molecule has 1 aromatic rings. The van der Waals surface area contributed by atoms with Gasteiger partial charge in [0.25, 0.3) is 0 Å². The second-order valence-corrected chi connectivity index (χ2v) is 4.74. The number of pyridine rings is 1. The van der Waals surface area contributed by atoms with E-state index in [0.717, 1.165) is 12.2 Å². The summed E-state index contributed by atoms with van der Waals surface area (Å²) in [6.07, 6.45) is 5.61. The van der Waals surface area contributed by atoms with Crippen molar-refractivity contribution in [2.45, 2.75) is 13.3 Å². The van der Waals surface area contributed by atoms with Gasteiger partial charge in [-0.05, 0) is 12.0 Å². The van der Waals surface area contributed by atoms with Crippen molar-refractivity contribution in [3.05, 3.63) is 34.9 Å². The van der Waals surface area contributed by atoms with Crippen molar-refractivity contribution in [3.63, 3.8) is 0 Å². The van der Waals surface area contributed by atoms with Gasteiger partial charge >= 0.3 is 0 Å². The monoisotopic (exact) mass is 259 g/mol. The minimum atomic E-state index is -0.554. The number of nitrogens with zero attached hydrogens (tertiary/aromatic N) is 1. The third-order valence-electron chi connectivity index (χ3n) is 1.74. The molecule has 2 nitrogen and oxygen atoms in total. The van der Waals surface area contributed by atoms with Crippen molar-refractivity contribution < 1.29 is 9.18 Å². The molecule has 0 amide bonds. The van der Waals surface area contributed by atoms with Gasteiger partial charge < -0.3 is 0 Å². The zero-order chi connectivity index (χ0) is 12.0. The third kappa shape index (κ3) is 4.77. The van der Waals surface area contributed by atoms with Gasteiger partial charge in [-0.2, -0.15) is 4.39 Å². The Morgan fingerprint density at radius 2 is 2.44 bits per heavy atom. The van der Waals surface area contributed by atoms with Gasteiger partial charge in [0.15, 0.2) is 5.12 Å². The van der Waals surface area contributed by atoms with Gasteiger partial charge in [-0.15, -0.1) is 0 Å². The number of carbonyl (C=O) groups excluding carboxylic acids is 1. The minimum Gasteiger partial charge on any atom is -0.288 e. The van der Waals surface area contributed by atoms with Crippen molar-refractivity contribution in [1.29, 1.82) is 0 Å². The molecule has 16 heavy (non-hydrogen) atoms. The average Bonchev–Trinajstić information content (AvgIpc) is 2.22. The summed E-state index contributed by atoms with van der Waals surface area (Å²) >= 11 is 7.08. The maximum Gasteiger partial charge on any atom is 0.213 e. The average molecular weight is 260 g/mol. The molecule has 0 aromatic carbocycles. The van der Waals surface area contributed by atoms with E-state index in [0.29, 0.717) is 10.6 Å². The van der Waals surface area contributed by atoms with Crippen LogP contribution in [0.25, 0.3) is 6.08 Å². The van der Waals surface area contributed by atoms with E-state index in [1.165, 1.54) is 30.9 Å². The molecule has 0 spiro atoms. The van der Waals surface area contributed by atoms with E-state index < -0.39 is 5.95 Å². The fraction of sp³-hybridized carbons (Fsp3) is 0.273. The fourth-order valence-electron chi connectivity index (χ4n) is 1.04. The van der Waals surface area contributed by atoms with Crippen molar-refractivity contribution in [2.75, 3.05) is 5.75 Å². The Balaban J connectivity index is 2.49. The Kier molecular flexibility index (Phi) is 5.49. The van der Waals surface area contributed by atoms with Gasteiger partial charge in [0.1, 0.15) is 0 Å². The predicted molar refractivity (Wildman–Crippen MR) is 66.0 cm³/mol. The minimum absolute atomic E-state index is 0.0985. The Morgan fingerprint density at radius 3 is 3.12 bits per heavy atom. The Labute approximate surface area is 103 Å². The topological polar surface area (TPSA) is 30.0 Å². The summed E-state index contributed by atoms with van der Waals surface area (Å²) in [6.45, 7) is 1.53. The van der Waals surface area contributed by atoms with E-state index in [-0.39, 0.29) is 5.12 Å². The third-order valence-corrected chi connectivity index (χ3v) is 2.90. The van der Waals surface area contributed by atoms with Crippen molar-refractivity contribution in [2.24, 2.45) is 0 Å². The first-order valence-corrected chi connectivity index (χ1v) is 6.07. The second-order valence-electron chi connectivity index (χ2n) is 3.06. The number of hydrogen-bond acceptors (Lipinski definition) is 3. The molecule has 86 valence electrons. The maximum absolute atomic E-state index is 12.8. The highest BCUT2D eigenvalue weighted by molar-refractivity contribution is 8.13. The Hall–Kier alpha value is -0.870. The van der Waals surface area contributed by atoms with E-state index in [1.54, 1.807) is 6.08 Å². The van der Waals surface area contributed by atoms with E-state index in [9.17, 15) is 9.18 Å². The van der Waals surface area contributed by atoms with Crippen LogP contribution in [0, 0.1) is 5.95 Å². The van der Waals surface area contributed by atoms with Gasteiger partial charge in [-0.3, -0.25) is 4.79 Å². The molecule has 0 aliphatic rings. The number of aromatic nitrogens is 1. The van der Waals surface area contributed by atoms with Gasteiger partial charge in [-0.1, -0.05) is 35.5 Å². The van der Waals surface area contributed by atoms with Crippen LogP contribution in [0.1, 0.15) is 18.9 Å². The first kappa shape index (κ1) is 13.2. The first-order chi connectivity index (χ1) is 7.59. The van der Waals surface area contributed by atoms with Crippen LogP contribution in [-0.2, 0) is 4.79 Å². The van der Waals surface area contributed by atoms with Crippen molar-refractivity contribution >= 4 is 34.6 Å². The summed E-state index contributed by atoms with van der Waals surface area (Å²) in [4.78, 5) is 14.1. The molecular formula is C11H11ClFNOS. The standard InChI is InChI=1S/C11H11ClFNOS/c1-8(15)16-5-3-2-4-9-6-11(13)14-7-10(9)12/h2,4,6-7H,3,5H2,1H3. The Bertz CT molecular complexity index is 409. The largest absolute Gasteiger partial charge is 0.288 e. The van der Waals surface area contributed by atoms with Crippen LogP contribution in [0.3, 0.4) is 0 Å². The summed E-state index contributed by atoms with van der Waals surface area (Å²) in [5, 5.41) is 0.512. The molecular weight excluding hydrogens is 249 g/mol. The molecule has 1 aromatic heterocycles. The molecule has 0 aliphatic carbocycles. The zero-order valence-electron chi connectivity index (χ0n) is 8.74. The van der Waals surface area contributed by atoms with E-state index in [2.05, 4.69) is 4.98 Å². The summed E-state index contributed by atoms with van der Waals surface area (Å²) in [5.74, 6) is 0.166. The number of allylic oxidation sites excluding steroid dienone is 1. The molecule has 0 N–H and O–H groups in total.